The van der Waals surface area contributed by atoms with Crippen LogP contribution in [0.25, 0.3) is 0 Å². The Morgan fingerprint density at radius 1 is 1.12 bits per heavy atom. The Kier molecular flexibility index (Phi) is 5.76. The number of fused-ring (bicyclic) bond motifs is 2. The van der Waals surface area contributed by atoms with Crippen LogP contribution in [0.4, 0.5) is 5.69 Å². The van der Waals surface area contributed by atoms with Crippen molar-refractivity contribution < 1.29 is 29.0 Å². The number of hydrogen-bond donors (Lipinski definition) is 1. The first-order chi connectivity index (χ1) is 16.0. The van der Waals surface area contributed by atoms with Gasteiger partial charge >= 0.3 is 5.97 Å². The van der Waals surface area contributed by atoms with Crippen LogP contribution in [0.15, 0.2) is 48.6 Å². The summed E-state index contributed by atoms with van der Waals surface area (Å²) in [5, 5.41) is 9.66. The summed E-state index contributed by atoms with van der Waals surface area (Å²) in [4.78, 5) is 43.7. The standard InChI is InChI=1S/C24H25ClN2O6/c25-15-7-1-2-8-16(15)26-12-6-10-24-19(18-17(33-24)9-5-14-32-23(18)31)21(29)27(11-3-4-13-28)20(24)22(26)30/h1-2,5-10,17-20,28H,3-4,11-14H2/t17-,18+,19+,20?,24+/m1/s1. The van der Waals surface area contributed by atoms with Gasteiger partial charge < -0.3 is 24.4 Å². The maximum atomic E-state index is 14.0. The molecule has 8 nitrogen and oxygen atoms in total. The number of esters is 1. The van der Waals surface area contributed by atoms with Crippen molar-refractivity contribution >= 4 is 35.1 Å². The van der Waals surface area contributed by atoms with Gasteiger partial charge in [0.15, 0.2) is 0 Å². The van der Waals surface area contributed by atoms with Crippen LogP contribution in [0.2, 0.25) is 5.02 Å². The smallest absolute Gasteiger partial charge is 0.313 e. The number of ether oxygens (including phenoxy) is 2. The molecule has 1 aromatic carbocycles. The lowest BCUT2D eigenvalue weighted by atomic mass is 9.78. The molecule has 0 radical (unpaired) electrons. The zero-order valence-corrected chi connectivity index (χ0v) is 18.7. The molecule has 2 fully saturated rings. The Labute approximate surface area is 196 Å². The van der Waals surface area contributed by atoms with Crippen LogP contribution in [0.3, 0.4) is 0 Å². The van der Waals surface area contributed by atoms with E-state index in [1.54, 1.807) is 53.5 Å². The summed E-state index contributed by atoms with van der Waals surface area (Å²) in [7, 11) is 0. The number of aliphatic hydroxyl groups is 1. The van der Waals surface area contributed by atoms with E-state index in [4.69, 9.17) is 21.1 Å². The van der Waals surface area contributed by atoms with Crippen molar-refractivity contribution in [3.8, 4) is 0 Å². The molecule has 5 rings (SSSR count). The van der Waals surface area contributed by atoms with Gasteiger partial charge in [0.1, 0.15) is 24.2 Å². The largest absolute Gasteiger partial charge is 0.461 e. The minimum Gasteiger partial charge on any atom is -0.461 e. The molecule has 2 saturated heterocycles. The van der Waals surface area contributed by atoms with Crippen LogP contribution in [-0.4, -0.2) is 71.8 Å². The second-order valence-electron chi connectivity index (χ2n) is 8.67. The van der Waals surface area contributed by atoms with E-state index in [-0.39, 0.29) is 38.1 Å². The number of nitrogens with zero attached hydrogens (tertiary/aromatic N) is 2. The molecule has 1 aromatic rings. The van der Waals surface area contributed by atoms with E-state index >= 15 is 0 Å². The van der Waals surface area contributed by atoms with Gasteiger partial charge in [-0.2, -0.15) is 0 Å². The van der Waals surface area contributed by atoms with Gasteiger partial charge in [0, 0.05) is 19.7 Å². The number of halogens is 1. The summed E-state index contributed by atoms with van der Waals surface area (Å²) in [5.41, 5.74) is -0.747. The SMILES string of the molecule is O=C1OCC=C[C@H]2O[C@]34C=CCN(c5ccccc5Cl)C(=O)C3N(CCCCO)C(=O)[C@@H]4[C@@H]12. The number of benzene rings is 1. The third-order valence-corrected chi connectivity index (χ3v) is 7.18. The van der Waals surface area contributed by atoms with Crippen LogP contribution in [0.5, 0.6) is 0 Å². The molecule has 0 saturated carbocycles. The van der Waals surface area contributed by atoms with E-state index in [0.29, 0.717) is 23.6 Å². The Morgan fingerprint density at radius 2 is 1.94 bits per heavy atom. The number of unbranched alkanes of at least 4 members (excludes halogenated alkanes) is 1. The van der Waals surface area contributed by atoms with Crippen molar-refractivity contribution in [1.29, 1.82) is 0 Å². The fourth-order valence-electron chi connectivity index (χ4n) is 5.49. The van der Waals surface area contributed by atoms with Crippen molar-refractivity contribution in [3.63, 3.8) is 0 Å². The van der Waals surface area contributed by atoms with Crippen LogP contribution >= 0.6 is 11.6 Å². The molecule has 2 amide bonds. The second kappa shape index (κ2) is 8.59. The fourth-order valence-corrected chi connectivity index (χ4v) is 5.73. The van der Waals surface area contributed by atoms with Crippen molar-refractivity contribution in [3.05, 3.63) is 53.6 Å². The first-order valence-electron chi connectivity index (χ1n) is 11.2. The zero-order chi connectivity index (χ0) is 23.2. The predicted octanol–water partition coefficient (Wildman–Crippen LogP) is 1.71. The molecular formula is C24H25ClN2O6. The molecule has 4 heterocycles. The Balaban J connectivity index is 1.60. The zero-order valence-electron chi connectivity index (χ0n) is 17.9. The summed E-state index contributed by atoms with van der Waals surface area (Å²) in [6, 6.07) is 6.09. The lowest BCUT2D eigenvalue weighted by Crippen LogP contribution is -2.55. The van der Waals surface area contributed by atoms with E-state index in [2.05, 4.69) is 0 Å². The number of cyclic esters (lactones) is 1. The number of rotatable bonds is 5. The topological polar surface area (TPSA) is 96.4 Å². The molecule has 1 N–H and O–H groups in total. The quantitative estimate of drug-likeness (QED) is 0.398. The number of aliphatic hydroxyl groups excluding tert-OH is 1. The third-order valence-electron chi connectivity index (χ3n) is 6.86. The highest BCUT2D eigenvalue weighted by molar-refractivity contribution is 6.34. The van der Waals surface area contributed by atoms with Gasteiger partial charge in [-0.15, -0.1) is 0 Å². The molecule has 33 heavy (non-hydrogen) atoms. The highest BCUT2D eigenvalue weighted by atomic mass is 35.5. The summed E-state index contributed by atoms with van der Waals surface area (Å²) in [6.45, 7) is 0.635. The summed E-state index contributed by atoms with van der Waals surface area (Å²) >= 11 is 6.40. The van der Waals surface area contributed by atoms with Crippen LogP contribution in [0.1, 0.15) is 12.8 Å². The van der Waals surface area contributed by atoms with Crippen molar-refractivity contribution in [2.75, 3.05) is 31.2 Å². The lowest BCUT2D eigenvalue weighted by molar-refractivity contribution is -0.152. The van der Waals surface area contributed by atoms with Crippen LogP contribution in [-0.2, 0) is 23.9 Å². The molecular weight excluding hydrogens is 448 g/mol. The maximum Gasteiger partial charge on any atom is 0.313 e. The van der Waals surface area contributed by atoms with Gasteiger partial charge in [-0.1, -0.05) is 42.0 Å². The van der Waals surface area contributed by atoms with Gasteiger partial charge in [-0.25, -0.2) is 0 Å². The number of likely N-dealkylation sites (tertiary alicyclic amines) is 1. The minimum absolute atomic E-state index is 0.0147. The lowest BCUT2D eigenvalue weighted by Gasteiger charge is -2.35. The fraction of sp³-hybridized carbons (Fsp3) is 0.458. The van der Waals surface area contributed by atoms with E-state index in [0.717, 1.165) is 0 Å². The van der Waals surface area contributed by atoms with Crippen LogP contribution in [0, 0.1) is 11.8 Å². The summed E-state index contributed by atoms with van der Waals surface area (Å²) in [6.07, 6.45) is 7.39. The molecule has 4 aliphatic rings. The number of carbonyl (C=O) groups excluding carboxylic acids is 3. The highest BCUT2D eigenvalue weighted by Crippen LogP contribution is 2.53. The molecule has 1 unspecified atom stereocenters. The van der Waals surface area contributed by atoms with Gasteiger partial charge in [-0.05, 0) is 31.1 Å². The Morgan fingerprint density at radius 3 is 2.73 bits per heavy atom. The number of hydrogen-bond acceptors (Lipinski definition) is 6. The minimum atomic E-state index is -1.29. The third kappa shape index (κ3) is 3.39. The molecule has 174 valence electrons. The van der Waals surface area contributed by atoms with Crippen molar-refractivity contribution in [2.24, 2.45) is 11.8 Å². The van der Waals surface area contributed by atoms with Gasteiger partial charge in [0.05, 0.1) is 22.7 Å². The van der Waals surface area contributed by atoms with E-state index < -0.39 is 35.6 Å². The molecule has 5 atom stereocenters. The Bertz CT molecular complexity index is 1040. The molecule has 1 spiro atoms. The van der Waals surface area contributed by atoms with E-state index in [1.165, 1.54) is 4.90 Å². The summed E-state index contributed by atoms with van der Waals surface area (Å²) in [5.74, 6) is -2.82. The molecule has 4 aliphatic heterocycles. The first-order valence-corrected chi connectivity index (χ1v) is 11.5. The van der Waals surface area contributed by atoms with Gasteiger partial charge in [-0.3, -0.25) is 14.4 Å². The van der Waals surface area contributed by atoms with Crippen molar-refractivity contribution in [1.82, 2.24) is 4.90 Å². The highest BCUT2D eigenvalue weighted by Gasteiger charge is 2.71. The molecule has 0 aromatic heterocycles. The van der Waals surface area contributed by atoms with Gasteiger partial charge in [0.25, 0.3) is 5.91 Å². The first kappa shape index (κ1) is 22.1. The molecule has 9 heteroatoms. The van der Waals surface area contributed by atoms with Crippen molar-refractivity contribution in [2.45, 2.75) is 30.6 Å². The van der Waals surface area contributed by atoms with E-state index in [9.17, 15) is 19.5 Å². The van der Waals surface area contributed by atoms with E-state index in [1.807, 2.05) is 0 Å². The number of amides is 2. The van der Waals surface area contributed by atoms with Gasteiger partial charge in [0.2, 0.25) is 5.91 Å². The normalized spacial score (nSPS) is 32.8. The number of anilines is 1. The average Bonchev–Trinajstić information content (AvgIpc) is 3.09. The molecule has 0 bridgehead atoms. The molecule has 0 aliphatic carbocycles. The number of carbonyl (C=O) groups is 3. The maximum absolute atomic E-state index is 14.0. The monoisotopic (exact) mass is 472 g/mol. The Hall–Kier alpha value is -2.68. The average molecular weight is 473 g/mol. The summed E-state index contributed by atoms with van der Waals surface area (Å²) < 4.78 is 11.7. The second-order valence-corrected chi connectivity index (χ2v) is 9.07. The predicted molar refractivity (Wildman–Crippen MR) is 119 cm³/mol. The number of para-hydroxylation sites is 1. The van der Waals surface area contributed by atoms with Crippen LogP contribution < -0.4 is 4.90 Å².